The Labute approximate surface area is 111 Å². The molecular weight excluding hydrogens is 240 g/mol. The molecule has 0 saturated carbocycles. The average Bonchev–Trinajstić information content (AvgIpc) is 2.83. The number of hydrogen-bond donors (Lipinski definition) is 1. The molecule has 0 bridgehead atoms. The van der Waals surface area contributed by atoms with Gasteiger partial charge in [-0.2, -0.15) is 5.10 Å². The minimum absolute atomic E-state index is 0.0693. The van der Waals surface area contributed by atoms with Gasteiger partial charge in [0.25, 0.3) is 0 Å². The first kappa shape index (κ1) is 11.9. The molecule has 1 amide bonds. The summed E-state index contributed by atoms with van der Waals surface area (Å²) in [6, 6.07) is 9.86. The number of amides is 1. The number of fused-ring (bicyclic) bond motifs is 1. The fourth-order valence-electron chi connectivity index (χ4n) is 2.33. The number of carbonyl (C=O) groups excluding carboxylic acids is 1. The maximum Gasteiger partial charge on any atom is 0.248 e. The number of benzene rings is 1. The highest BCUT2D eigenvalue weighted by Gasteiger charge is 2.20. The number of nitrogens with one attached hydrogen (secondary N) is 1. The van der Waals surface area contributed by atoms with Crippen LogP contribution in [0.1, 0.15) is 5.56 Å². The molecule has 0 spiro atoms. The lowest BCUT2D eigenvalue weighted by molar-refractivity contribution is -0.119. The summed E-state index contributed by atoms with van der Waals surface area (Å²) in [5.41, 5.74) is 2.17. The van der Waals surface area contributed by atoms with Crippen LogP contribution in [0.4, 0.5) is 5.69 Å². The zero-order valence-corrected chi connectivity index (χ0v) is 10.6. The van der Waals surface area contributed by atoms with Gasteiger partial charge >= 0.3 is 0 Å². The number of anilines is 1. The first-order valence-corrected chi connectivity index (χ1v) is 6.41. The predicted molar refractivity (Wildman–Crippen MR) is 72.7 cm³/mol. The molecule has 1 aromatic carbocycles. The van der Waals surface area contributed by atoms with Gasteiger partial charge in [0.15, 0.2) is 0 Å². The molecule has 98 valence electrons. The van der Waals surface area contributed by atoms with Crippen LogP contribution in [0.2, 0.25) is 0 Å². The van der Waals surface area contributed by atoms with Crippen LogP contribution < -0.4 is 10.2 Å². The van der Waals surface area contributed by atoms with Crippen LogP contribution in [0, 0.1) is 0 Å². The van der Waals surface area contributed by atoms with Crippen molar-refractivity contribution in [3.05, 3.63) is 48.3 Å². The van der Waals surface area contributed by atoms with Gasteiger partial charge in [-0.1, -0.05) is 18.2 Å². The molecule has 1 aliphatic heterocycles. The van der Waals surface area contributed by atoms with Crippen LogP contribution in [0.3, 0.4) is 0 Å². The summed E-state index contributed by atoms with van der Waals surface area (Å²) in [4.78, 5) is 14.3. The number of aromatic nitrogens is 2. The van der Waals surface area contributed by atoms with E-state index in [9.17, 15) is 4.79 Å². The third kappa shape index (κ3) is 2.51. The zero-order chi connectivity index (χ0) is 13.1. The predicted octanol–water partition coefficient (Wildman–Crippen LogP) is 1.02. The first-order chi connectivity index (χ1) is 9.34. The van der Waals surface area contributed by atoms with Gasteiger partial charge in [-0.25, -0.2) is 0 Å². The van der Waals surface area contributed by atoms with Crippen molar-refractivity contribution in [1.29, 1.82) is 0 Å². The largest absolute Gasteiger partial charge is 0.311 e. The molecule has 0 atom stereocenters. The Morgan fingerprint density at radius 3 is 3.05 bits per heavy atom. The van der Waals surface area contributed by atoms with Crippen molar-refractivity contribution in [1.82, 2.24) is 15.1 Å². The fourth-order valence-corrected chi connectivity index (χ4v) is 2.33. The van der Waals surface area contributed by atoms with Gasteiger partial charge < -0.3 is 10.2 Å². The van der Waals surface area contributed by atoms with Crippen LogP contribution in [0.5, 0.6) is 0 Å². The second kappa shape index (κ2) is 5.24. The second-order valence-corrected chi connectivity index (χ2v) is 4.55. The maximum atomic E-state index is 12.4. The Bertz CT molecular complexity index is 565. The smallest absolute Gasteiger partial charge is 0.248 e. The molecule has 1 aromatic heterocycles. The van der Waals surface area contributed by atoms with Crippen molar-refractivity contribution in [3.8, 4) is 0 Å². The van der Waals surface area contributed by atoms with E-state index in [1.54, 1.807) is 17.1 Å². The first-order valence-electron chi connectivity index (χ1n) is 6.41. The monoisotopic (exact) mass is 256 g/mol. The molecule has 5 heteroatoms. The van der Waals surface area contributed by atoms with E-state index in [0.29, 0.717) is 6.54 Å². The van der Waals surface area contributed by atoms with Gasteiger partial charge in [0.2, 0.25) is 5.91 Å². The van der Waals surface area contributed by atoms with E-state index >= 15 is 0 Å². The Hall–Kier alpha value is -2.14. The lowest BCUT2D eigenvalue weighted by Crippen LogP contribution is -2.37. The normalized spacial score (nSPS) is 14.8. The number of nitrogens with zero attached hydrogens (tertiary/aromatic N) is 3. The lowest BCUT2D eigenvalue weighted by Gasteiger charge is -2.22. The summed E-state index contributed by atoms with van der Waals surface area (Å²) < 4.78 is 1.66. The summed E-state index contributed by atoms with van der Waals surface area (Å²) in [5, 5.41) is 7.41. The fraction of sp³-hybridized carbons (Fsp3) is 0.286. The van der Waals surface area contributed by atoms with Crippen LogP contribution in [-0.2, 0) is 17.9 Å². The Balaban J connectivity index is 1.85. The van der Waals surface area contributed by atoms with E-state index in [1.165, 1.54) is 0 Å². The molecule has 2 aromatic rings. The van der Waals surface area contributed by atoms with Crippen molar-refractivity contribution in [2.75, 3.05) is 18.0 Å². The van der Waals surface area contributed by atoms with E-state index in [2.05, 4.69) is 16.5 Å². The molecule has 0 fully saturated rings. The molecule has 2 heterocycles. The van der Waals surface area contributed by atoms with E-state index in [1.807, 2.05) is 29.2 Å². The van der Waals surface area contributed by atoms with E-state index in [0.717, 1.165) is 24.3 Å². The molecule has 1 N–H and O–H groups in total. The molecule has 0 unspecified atom stereocenters. The second-order valence-electron chi connectivity index (χ2n) is 4.55. The number of hydrogen-bond acceptors (Lipinski definition) is 3. The minimum Gasteiger partial charge on any atom is -0.311 e. The molecule has 0 saturated heterocycles. The van der Waals surface area contributed by atoms with Crippen LogP contribution in [0.25, 0.3) is 0 Å². The molecule has 0 aliphatic carbocycles. The standard InChI is InChI=1S/C14H16N4O/c19-14(11-17-8-3-6-16-17)18-9-7-15-10-12-4-1-2-5-13(12)18/h1-6,8,15H,7,9-11H2. The van der Waals surface area contributed by atoms with Gasteiger partial charge in [-0.3, -0.25) is 9.48 Å². The Kier molecular flexibility index (Phi) is 3.29. The molecule has 5 nitrogen and oxygen atoms in total. The average molecular weight is 256 g/mol. The summed E-state index contributed by atoms with van der Waals surface area (Å²) in [5.74, 6) is 0.0693. The highest BCUT2D eigenvalue weighted by atomic mass is 16.2. The molecule has 1 aliphatic rings. The van der Waals surface area contributed by atoms with Crippen molar-refractivity contribution in [2.24, 2.45) is 0 Å². The quantitative estimate of drug-likeness (QED) is 0.872. The van der Waals surface area contributed by atoms with E-state index < -0.39 is 0 Å². The van der Waals surface area contributed by atoms with Gasteiger partial charge in [-0.15, -0.1) is 0 Å². The summed E-state index contributed by atoms with van der Waals surface area (Å²) in [6.45, 7) is 2.58. The van der Waals surface area contributed by atoms with Crippen LogP contribution >= 0.6 is 0 Å². The highest BCUT2D eigenvalue weighted by molar-refractivity contribution is 5.94. The van der Waals surface area contributed by atoms with Crippen LogP contribution in [0.15, 0.2) is 42.7 Å². The third-order valence-electron chi connectivity index (χ3n) is 3.27. The number of rotatable bonds is 2. The van der Waals surface area contributed by atoms with Gasteiger partial charge in [0.1, 0.15) is 6.54 Å². The van der Waals surface area contributed by atoms with Gasteiger partial charge in [0, 0.05) is 37.7 Å². The SMILES string of the molecule is O=C(Cn1cccn1)N1CCNCc2ccccc21. The molecule has 3 rings (SSSR count). The van der Waals surface area contributed by atoms with Crippen molar-refractivity contribution in [3.63, 3.8) is 0 Å². The zero-order valence-electron chi connectivity index (χ0n) is 10.6. The Morgan fingerprint density at radius 2 is 2.21 bits per heavy atom. The maximum absolute atomic E-state index is 12.4. The molecule has 0 radical (unpaired) electrons. The lowest BCUT2D eigenvalue weighted by atomic mass is 10.1. The summed E-state index contributed by atoms with van der Waals surface area (Å²) >= 11 is 0. The minimum atomic E-state index is 0.0693. The van der Waals surface area contributed by atoms with Crippen molar-refractivity contribution >= 4 is 11.6 Å². The molecule has 19 heavy (non-hydrogen) atoms. The van der Waals surface area contributed by atoms with Gasteiger partial charge in [0.05, 0.1) is 0 Å². The number of carbonyl (C=O) groups is 1. The van der Waals surface area contributed by atoms with Crippen molar-refractivity contribution < 1.29 is 4.79 Å². The van der Waals surface area contributed by atoms with Crippen LogP contribution in [-0.4, -0.2) is 28.8 Å². The summed E-state index contributed by atoms with van der Waals surface area (Å²) in [6.07, 6.45) is 3.49. The molecular formula is C14H16N4O. The van der Waals surface area contributed by atoms with E-state index in [-0.39, 0.29) is 12.5 Å². The Morgan fingerprint density at radius 1 is 1.32 bits per heavy atom. The van der Waals surface area contributed by atoms with E-state index in [4.69, 9.17) is 0 Å². The third-order valence-corrected chi connectivity index (χ3v) is 3.27. The van der Waals surface area contributed by atoms with Crippen molar-refractivity contribution in [2.45, 2.75) is 13.1 Å². The highest BCUT2D eigenvalue weighted by Crippen LogP contribution is 2.22. The topological polar surface area (TPSA) is 50.2 Å². The van der Waals surface area contributed by atoms with Gasteiger partial charge in [-0.05, 0) is 17.7 Å². The summed E-state index contributed by atoms with van der Waals surface area (Å²) in [7, 11) is 0. The number of para-hydroxylation sites is 1.